The van der Waals surface area contributed by atoms with Crippen LogP contribution in [0.3, 0.4) is 0 Å². The summed E-state index contributed by atoms with van der Waals surface area (Å²) in [7, 11) is 0. The highest BCUT2D eigenvalue weighted by atomic mass is 35.5. The Hall–Kier alpha value is -1.83. The molecule has 2 unspecified atom stereocenters. The molecule has 0 radical (unpaired) electrons. The summed E-state index contributed by atoms with van der Waals surface area (Å²) in [4.78, 5) is 22.0. The van der Waals surface area contributed by atoms with Gasteiger partial charge in [-0.25, -0.2) is 0 Å². The van der Waals surface area contributed by atoms with E-state index in [4.69, 9.17) is 22.1 Å². The van der Waals surface area contributed by atoms with Crippen LogP contribution in [-0.4, -0.2) is 48.8 Å². The first-order valence-electron chi connectivity index (χ1n) is 7.22. The molecule has 23 heavy (non-hydrogen) atoms. The van der Waals surface area contributed by atoms with E-state index in [-0.39, 0.29) is 25.0 Å². The monoisotopic (exact) mass is 343 g/mol. The van der Waals surface area contributed by atoms with Crippen LogP contribution in [0.5, 0.6) is 5.75 Å². The van der Waals surface area contributed by atoms with E-state index in [1.54, 1.807) is 24.3 Å². The van der Waals surface area contributed by atoms with Gasteiger partial charge in [0.2, 0.25) is 11.8 Å². The first kappa shape index (κ1) is 19.2. The SMILES string of the molecule is CC(=O)NCC(=O)NCCC(N)C(O)COc1ccccc1Cl. The number of para-hydroxylation sites is 1. The van der Waals surface area contributed by atoms with Gasteiger partial charge in [0.15, 0.2) is 0 Å². The van der Waals surface area contributed by atoms with Crippen molar-refractivity contribution in [2.24, 2.45) is 5.73 Å². The predicted octanol–water partition coefficient (Wildman–Crippen LogP) is 0.0494. The van der Waals surface area contributed by atoms with Crippen molar-refractivity contribution in [3.8, 4) is 5.75 Å². The van der Waals surface area contributed by atoms with Crippen LogP contribution in [0.2, 0.25) is 5.02 Å². The van der Waals surface area contributed by atoms with Crippen molar-refractivity contribution in [3.63, 3.8) is 0 Å². The van der Waals surface area contributed by atoms with E-state index in [1.165, 1.54) is 6.92 Å². The Labute approximate surface area is 140 Å². The Bertz CT molecular complexity index is 527. The molecule has 0 aliphatic rings. The molecule has 0 heterocycles. The van der Waals surface area contributed by atoms with Crippen LogP contribution in [0.1, 0.15) is 13.3 Å². The van der Waals surface area contributed by atoms with Crippen LogP contribution < -0.4 is 21.1 Å². The fourth-order valence-corrected chi connectivity index (χ4v) is 1.89. The minimum atomic E-state index is -0.890. The summed E-state index contributed by atoms with van der Waals surface area (Å²) in [6.07, 6.45) is -0.516. The quantitative estimate of drug-likeness (QED) is 0.506. The molecule has 5 N–H and O–H groups in total. The van der Waals surface area contributed by atoms with Crippen molar-refractivity contribution in [3.05, 3.63) is 29.3 Å². The third-order valence-electron chi connectivity index (χ3n) is 3.04. The second-order valence-corrected chi connectivity index (χ2v) is 5.43. The standard InChI is InChI=1S/C15H22ClN3O4/c1-10(20)19-8-15(22)18-7-6-12(17)13(21)9-23-14-5-3-2-4-11(14)16/h2-5,12-13,21H,6-9,17H2,1H3,(H,18,22)(H,19,20). The first-order chi connectivity index (χ1) is 10.9. The van der Waals surface area contributed by atoms with Crippen LogP contribution >= 0.6 is 11.6 Å². The molecule has 0 saturated heterocycles. The summed E-state index contributed by atoms with van der Waals surface area (Å²) in [6.45, 7) is 1.55. The molecule has 0 saturated carbocycles. The highest BCUT2D eigenvalue weighted by molar-refractivity contribution is 6.32. The predicted molar refractivity (Wildman–Crippen MR) is 87.2 cm³/mol. The number of nitrogens with one attached hydrogen (secondary N) is 2. The van der Waals surface area contributed by atoms with E-state index < -0.39 is 12.1 Å². The van der Waals surface area contributed by atoms with E-state index in [9.17, 15) is 14.7 Å². The smallest absolute Gasteiger partial charge is 0.239 e. The molecule has 0 aromatic heterocycles. The normalized spacial score (nSPS) is 13.0. The van der Waals surface area contributed by atoms with Crippen molar-refractivity contribution in [2.75, 3.05) is 19.7 Å². The molecular formula is C15H22ClN3O4. The number of hydrogen-bond acceptors (Lipinski definition) is 5. The van der Waals surface area contributed by atoms with Gasteiger partial charge in [-0.3, -0.25) is 9.59 Å². The lowest BCUT2D eigenvalue weighted by Gasteiger charge is -2.19. The maximum atomic E-state index is 11.4. The average Bonchev–Trinajstić information content (AvgIpc) is 2.51. The van der Waals surface area contributed by atoms with Gasteiger partial charge in [-0.15, -0.1) is 0 Å². The van der Waals surface area contributed by atoms with Crippen molar-refractivity contribution >= 4 is 23.4 Å². The molecule has 0 aliphatic heterocycles. The number of aliphatic hydroxyl groups excluding tert-OH is 1. The second-order valence-electron chi connectivity index (χ2n) is 5.02. The van der Waals surface area contributed by atoms with E-state index in [1.807, 2.05) is 0 Å². The van der Waals surface area contributed by atoms with Gasteiger partial charge in [0.25, 0.3) is 0 Å². The minimum Gasteiger partial charge on any atom is -0.489 e. The molecule has 2 atom stereocenters. The lowest BCUT2D eigenvalue weighted by molar-refractivity contribution is -0.125. The minimum absolute atomic E-state index is 0.00470. The van der Waals surface area contributed by atoms with Gasteiger partial charge in [0.1, 0.15) is 18.5 Å². The zero-order valence-corrected chi connectivity index (χ0v) is 13.7. The Morgan fingerprint density at radius 1 is 1.35 bits per heavy atom. The highest BCUT2D eigenvalue weighted by Gasteiger charge is 2.16. The largest absolute Gasteiger partial charge is 0.489 e. The van der Waals surface area contributed by atoms with Gasteiger partial charge in [0, 0.05) is 19.5 Å². The topological polar surface area (TPSA) is 114 Å². The second kappa shape index (κ2) is 10.0. The van der Waals surface area contributed by atoms with Crippen LogP contribution in [-0.2, 0) is 9.59 Å². The molecule has 0 bridgehead atoms. The maximum Gasteiger partial charge on any atom is 0.239 e. The number of benzene rings is 1. The van der Waals surface area contributed by atoms with Crippen LogP contribution in [0.15, 0.2) is 24.3 Å². The fraction of sp³-hybridized carbons (Fsp3) is 0.467. The van der Waals surface area contributed by atoms with E-state index in [0.29, 0.717) is 23.7 Å². The van der Waals surface area contributed by atoms with Crippen molar-refractivity contribution in [2.45, 2.75) is 25.5 Å². The summed E-state index contributed by atoms with van der Waals surface area (Å²) in [5, 5.41) is 15.4. The summed E-state index contributed by atoms with van der Waals surface area (Å²) < 4.78 is 5.42. The Balaban J connectivity index is 2.23. The molecule has 128 valence electrons. The number of amides is 2. The first-order valence-corrected chi connectivity index (χ1v) is 7.60. The lowest BCUT2D eigenvalue weighted by atomic mass is 10.1. The molecule has 0 spiro atoms. The number of carbonyl (C=O) groups is 2. The maximum absolute atomic E-state index is 11.4. The molecule has 1 aromatic carbocycles. The lowest BCUT2D eigenvalue weighted by Crippen LogP contribution is -2.43. The van der Waals surface area contributed by atoms with Crippen molar-refractivity contribution in [1.29, 1.82) is 0 Å². The van der Waals surface area contributed by atoms with E-state index >= 15 is 0 Å². The van der Waals surface area contributed by atoms with Crippen LogP contribution in [0, 0.1) is 0 Å². The molecule has 1 aromatic rings. The molecule has 1 rings (SSSR count). The number of aliphatic hydroxyl groups is 1. The molecule has 0 aliphatic carbocycles. The number of ether oxygens (including phenoxy) is 1. The third-order valence-corrected chi connectivity index (χ3v) is 3.35. The van der Waals surface area contributed by atoms with Crippen LogP contribution in [0.25, 0.3) is 0 Å². The van der Waals surface area contributed by atoms with Crippen molar-refractivity contribution < 1.29 is 19.4 Å². The van der Waals surface area contributed by atoms with Gasteiger partial charge in [-0.2, -0.15) is 0 Å². The van der Waals surface area contributed by atoms with Crippen molar-refractivity contribution in [1.82, 2.24) is 10.6 Å². The van der Waals surface area contributed by atoms with Gasteiger partial charge in [-0.1, -0.05) is 23.7 Å². The number of nitrogens with two attached hydrogens (primary N) is 1. The number of rotatable bonds is 9. The molecular weight excluding hydrogens is 322 g/mol. The molecule has 7 nitrogen and oxygen atoms in total. The van der Waals surface area contributed by atoms with Crippen LogP contribution in [0.4, 0.5) is 0 Å². The molecule has 0 fully saturated rings. The highest BCUT2D eigenvalue weighted by Crippen LogP contribution is 2.23. The summed E-state index contributed by atoms with van der Waals surface area (Å²) in [5.74, 6) is -0.109. The van der Waals surface area contributed by atoms with Gasteiger partial charge in [-0.05, 0) is 18.6 Å². The Kier molecular flexibility index (Phi) is 8.39. The Morgan fingerprint density at radius 2 is 2.04 bits per heavy atom. The average molecular weight is 344 g/mol. The number of halogens is 1. The zero-order chi connectivity index (χ0) is 17.2. The molecule has 2 amide bonds. The fourth-order valence-electron chi connectivity index (χ4n) is 1.70. The van der Waals surface area contributed by atoms with Gasteiger partial charge in [0.05, 0.1) is 11.6 Å². The third kappa shape index (κ3) is 7.83. The Morgan fingerprint density at radius 3 is 2.70 bits per heavy atom. The summed E-state index contributed by atoms with van der Waals surface area (Å²) in [5.41, 5.74) is 5.84. The number of hydrogen-bond donors (Lipinski definition) is 4. The summed E-state index contributed by atoms with van der Waals surface area (Å²) in [6, 6.07) is 6.38. The number of carbonyl (C=O) groups excluding carboxylic acids is 2. The zero-order valence-electron chi connectivity index (χ0n) is 12.9. The van der Waals surface area contributed by atoms with Gasteiger partial charge >= 0.3 is 0 Å². The molecule has 8 heteroatoms. The van der Waals surface area contributed by atoms with E-state index in [2.05, 4.69) is 10.6 Å². The summed E-state index contributed by atoms with van der Waals surface area (Å²) >= 11 is 5.94. The van der Waals surface area contributed by atoms with E-state index in [0.717, 1.165) is 0 Å². The van der Waals surface area contributed by atoms with Gasteiger partial charge < -0.3 is 26.2 Å².